The van der Waals surface area contributed by atoms with Crippen molar-refractivity contribution in [2.75, 3.05) is 5.73 Å². The maximum Gasteiger partial charge on any atom is 0.198 e. The summed E-state index contributed by atoms with van der Waals surface area (Å²) in [4.78, 5) is 8.48. The molecule has 0 atom stereocenters. The van der Waals surface area contributed by atoms with Crippen LogP contribution in [0.1, 0.15) is 12.6 Å². The van der Waals surface area contributed by atoms with Crippen molar-refractivity contribution < 1.29 is 4.63 Å². The van der Waals surface area contributed by atoms with Crippen LogP contribution in [0.25, 0.3) is 17.0 Å². The molecule has 0 spiro atoms. The van der Waals surface area contributed by atoms with Gasteiger partial charge in [0.15, 0.2) is 17.2 Å². The minimum absolute atomic E-state index is 0.246. The Morgan fingerprint density at radius 1 is 1.35 bits per heavy atom. The zero-order valence-electron chi connectivity index (χ0n) is 9.16. The first-order chi connectivity index (χ1) is 8.31. The minimum atomic E-state index is 0.246. The summed E-state index contributed by atoms with van der Waals surface area (Å²) < 4.78 is 6.56. The van der Waals surface area contributed by atoms with Crippen LogP contribution in [0.5, 0.6) is 0 Å². The number of nitrogen functional groups attached to an aromatic ring is 1. The molecular weight excluding hydrogens is 220 g/mol. The number of imidazole rings is 1. The maximum absolute atomic E-state index is 5.69. The third-order valence-electron chi connectivity index (χ3n) is 2.60. The van der Waals surface area contributed by atoms with Crippen molar-refractivity contribution in [1.82, 2.24) is 24.7 Å². The van der Waals surface area contributed by atoms with Gasteiger partial charge < -0.3 is 10.1 Å². The van der Waals surface area contributed by atoms with Gasteiger partial charge in [0.25, 0.3) is 0 Å². The third-order valence-corrected chi connectivity index (χ3v) is 2.60. The molecule has 3 aromatic heterocycles. The highest BCUT2D eigenvalue weighted by Crippen LogP contribution is 2.26. The van der Waals surface area contributed by atoms with Gasteiger partial charge in [-0.1, -0.05) is 6.92 Å². The molecule has 0 fully saturated rings. The van der Waals surface area contributed by atoms with Gasteiger partial charge in [-0.05, 0) is 16.7 Å². The SMILES string of the molecule is CCc1c(-c2nonc2N)nc2cnccn12. The number of hydrogen-bond acceptors (Lipinski definition) is 6. The summed E-state index contributed by atoms with van der Waals surface area (Å²) in [6.07, 6.45) is 6.05. The average molecular weight is 230 g/mol. The van der Waals surface area contributed by atoms with E-state index in [1.165, 1.54) is 0 Å². The van der Waals surface area contributed by atoms with Gasteiger partial charge in [0.2, 0.25) is 0 Å². The number of aromatic nitrogens is 5. The van der Waals surface area contributed by atoms with Crippen LogP contribution >= 0.6 is 0 Å². The Kier molecular flexibility index (Phi) is 2.04. The zero-order valence-corrected chi connectivity index (χ0v) is 9.16. The summed E-state index contributed by atoms with van der Waals surface area (Å²) >= 11 is 0. The summed E-state index contributed by atoms with van der Waals surface area (Å²) in [7, 11) is 0. The fraction of sp³-hybridized carbons (Fsp3) is 0.200. The van der Waals surface area contributed by atoms with Crippen molar-refractivity contribution >= 4 is 11.5 Å². The second-order valence-electron chi connectivity index (χ2n) is 3.56. The Labute approximate surface area is 96.3 Å². The van der Waals surface area contributed by atoms with Crippen LogP contribution in [0.2, 0.25) is 0 Å². The molecule has 0 radical (unpaired) electrons. The number of hydrogen-bond donors (Lipinski definition) is 1. The van der Waals surface area contributed by atoms with Crippen molar-refractivity contribution in [3.05, 3.63) is 24.3 Å². The molecule has 3 heterocycles. The number of anilines is 1. The van der Waals surface area contributed by atoms with E-state index in [-0.39, 0.29) is 5.82 Å². The number of aryl methyl sites for hydroxylation is 1. The van der Waals surface area contributed by atoms with E-state index in [2.05, 4.69) is 24.9 Å². The van der Waals surface area contributed by atoms with E-state index in [4.69, 9.17) is 5.73 Å². The molecule has 0 aliphatic rings. The van der Waals surface area contributed by atoms with Gasteiger partial charge in [-0.3, -0.25) is 4.98 Å². The molecule has 0 bridgehead atoms. The molecule has 0 unspecified atom stereocenters. The van der Waals surface area contributed by atoms with Crippen LogP contribution in [0.4, 0.5) is 5.82 Å². The highest BCUT2D eigenvalue weighted by molar-refractivity contribution is 5.70. The summed E-state index contributed by atoms with van der Waals surface area (Å²) in [6, 6.07) is 0. The Hall–Kier alpha value is -2.44. The first-order valence-corrected chi connectivity index (χ1v) is 5.20. The van der Waals surface area contributed by atoms with Crippen LogP contribution in [-0.2, 0) is 6.42 Å². The molecule has 7 heteroatoms. The second-order valence-corrected chi connectivity index (χ2v) is 3.56. The molecule has 86 valence electrons. The van der Waals surface area contributed by atoms with E-state index in [1.54, 1.807) is 12.4 Å². The Balaban J connectivity index is 2.33. The number of fused-ring (bicyclic) bond motifs is 1. The summed E-state index contributed by atoms with van der Waals surface area (Å²) in [5.74, 6) is 0.246. The maximum atomic E-state index is 5.69. The van der Waals surface area contributed by atoms with Crippen LogP contribution in [0, 0.1) is 0 Å². The fourth-order valence-corrected chi connectivity index (χ4v) is 1.84. The molecule has 3 rings (SSSR count). The lowest BCUT2D eigenvalue weighted by Gasteiger charge is -1.98. The normalized spacial score (nSPS) is 11.1. The van der Waals surface area contributed by atoms with Gasteiger partial charge >= 0.3 is 0 Å². The summed E-state index contributed by atoms with van der Waals surface area (Å²) in [5.41, 5.74) is 8.61. The molecule has 0 aromatic carbocycles. The molecule has 0 amide bonds. The minimum Gasteiger partial charge on any atom is -0.379 e. The molecule has 7 nitrogen and oxygen atoms in total. The second kappa shape index (κ2) is 3.55. The summed E-state index contributed by atoms with van der Waals surface area (Å²) in [5, 5.41) is 7.35. The first-order valence-electron chi connectivity index (χ1n) is 5.20. The smallest absolute Gasteiger partial charge is 0.198 e. The lowest BCUT2D eigenvalue weighted by molar-refractivity contribution is 0.310. The monoisotopic (exact) mass is 230 g/mol. The van der Waals surface area contributed by atoms with Gasteiger partial charge in [-0.15, -0.1) is 0 Å². The molecular formula is C10H10N6O. The van der Waals surface area contributed by atoms with Crippen molar-refractivity contribution in [2.24, 2.45) is 0 Å². The van der Waals surface area contributed by atoms with Crippen molar-refractivity contribution in [2.45, 2.75) is 13.3 Å². The molecule has 2 N–H and O–H groups in total. The zero-order chi connectivity index (χ0) is 11.8. The van der Waals surface area contributed by atoms with Crippen LogP contribution in [0.3, 0.4) is 0 Å². The highest BCUT2D eigenvalue weighted by Gasteiger charge is 2.18. The van der Waals surface area contributed by atoms with Gasteiger partial charge in [0, 0.05) is 12.4 Å². The predicted octanol–water partition coefficient (Wildman–Crippen LogP) is 0.924. The van der Waals surface area contributed by atoms with E-state index >= 15 is 0 Å². The lowest BCUT2D eigenvalue weighted by Crippen LogP contribution is -1.94. The van der Waals surface area contributed by atoms with Gasteiger partial charge in [-0.25, -0.2) is 9.61 Å². The van der Waals surface area contributed by atoms with E-state index in [0.29, 0.717) is 11.4 Å². The molecule has 0 saturated heterocycles. The third kappa shape index (κ3) is 1.36. The highest BCUT2D eigenvalue weighted by atomic mass is 16.6. The Morgan fingerprint density at radius 3 is 2.94 bits per heavy atom. The molecule has 0 aliphatic heterocycles. The van der Waals surface area contributed by atoms with Crippen molar-refractivity contribution in [3.8, 4) is 11.4 Å². The molecule has 0 aliphatic carbocycles. The van der Waals surface area contributed by atoms with Crippen LogP contribution < -0.4 is 5.73 Å². The molecule has 17 heavy (non-hydrogen) atoms. The van der Waals surface area contributed by atoms with Crippen molar-refractivity contribution in [3.63, 3.8) is 0 Å². The topological polar surface area (TPSA) is 95.1 Å². The first kappa shape index (κ1) is 9.76. The van der Waals surface area contributed by atoms with Gasteiger partial charge in [0.05, 0.1) is 11.9 Å². The Morgan fingerprint density at radius 2 is 2.24 bits per heavy atom. The van der Waals surface area contributed by atoms with E-state index in [9.17, 15) is 0 Å². The molecule has 3 aromatic rings. The van der Waals surface area contributed by atoms with Crippen LogP contribution in [-0.4, -0.2) is 24.7 Å². The van der Waals surface area contributed by atoms with E-state index in [1.807, 2.05) is 17.5 Å². The number of nitrogens with zero attached hydrogens (tertiary/aromatic N) is 5. The summed E-state index contributed by atoms with van der Waals surface area (Å²) in [6.45, 7) is 2.04. The number of nitrogens with two attached hydrogens (primary N) is 1. The Bertz CT molecular complexity index is 670. The largest absolute Gasteiger partial charge is 0.379 e. The quantitative estimate of drug-likeness (QED) is 0.703. The fourth-order valence-electron chi connectivity index (χ4n) is 1.84. The van der Waals surface area contributed by atoms with Gasteiger partial charge in [0.1, 0.15) is 5.69 Å². The predicted molar refractivity (Wildman–Crippen MR) is 60.1 cm³/mol. The van der Waals surface area contributed by atoms with Crippen molar-refractivity contribution in [1.29, 1.82) is 0 Å². The van der Waals surface area contributed by atoms with E-state index < -0.39 is 0 Å². The standard InChI is InChI=1S/C10H10N6O/c1-2-6-8(9-10(11)15-17-14-9)13-7-5-12-3-4-16(6)7/h3-5H,2H2,1H3,(H2,11,15). The van der Waals surface area contributed by atoms with E-state index in [0.717, 1.165) is 17.8 Å². The number of rotatable bonds is 2. The van der Waals surface area contributed by atoms with Gasteiger partial charge in [-0.2, -0.15) is 0 Å². The molecule has 0 saturated carbocycles. The van der Waals surface area contributed by atoms with Crippen LogP contribution in [0.15, 0.2) is 23.2 Å². The average Bonchev–Trinajstić information content (AvgIpc) is 2.91. The lowest BCUT2D eigenvalue weighted by atomic mass is 10.2.